The van der Waals surface area contributed by atoms with E-state index < -0.39 is 5.82 Å². The number of benzene rings is 1. The Morgan fingerprint density at radius 3 is 2.75 bits per heavy atom. The third-order valence-corrected chi connectivity index (χ3v) is 6.40. The number of nitriles is 1. The molecule has 2 aromatic heterocycles. The molecule has 1 saturated heterocycles. The van der Waals surface area contributed by atoms with Gasteiger partial charge in [-0.2, -0.15) is 5.26 Å². The maximum absolute atomic E-state index is 14.4. The van der Waals surface area contributed by atoms with Gasteiger partial charge in [-0.15, -0.1) is 11.3 Å². The molecule has 32 heavy (non-hydrogen) atoms. The van der Waals surface area contributed by atoms with Crippen LogP contribution in [0.2, 0.25) is 0 Å². The number of nitrogens with zero attached hydrogens (tertiary/aromatic N) is 3. The molecule has 1 aromatic carbocycles. The van der Waals surface area contributed by atoms with E-state index in [0.29, 0.717) is 34.2 Å². The summed E-state index contributed by atoms with van der Waals surface area (Å²) in [5, 5.41) is 11.0. The van der Waals surface area contributed by atoms with E-state index in [1.165, 1.54) is 23.6 Å². The van der Waals surface area contributed by atoms with E-state index in [4.69, 9.17) is 5.26 Å². The highest BCUT2D eigenvalue weighted by Gasteiger charge is 2.31. The second kappa shape index (κ2) is 10.3. The SMILES string of the molecule is CC1CC[C@@H](C)N(C(=O)c2c(F)cccc2-c2nccs2)C1.Cc1c(C#N)cc[nH]c1=O. The molecule has 6 nitrogen and oxygen atoms in total. The molecule has 1 fully saturated rings. The van der Waals surface area contributed by atoms with Crippen molar-refractivity contribution in [3.05, 3.63) is 74.9 Å². The normalized spacial score (nSPS) is 17.8. The smallest absolute Gasteiger partial charge is 0.257 e. The fraction of sp³-hybridized carbons (Fsp3) is 0.333. The van der Waals surface area contributed by atoms with Gasteiger partial charge in [0.1, 0.15) is 10.8 Å². The maximum Gasteiger partial charge on any atom is 0.257 e. The lowest BCUT2D eigenvalue weighted by molar-refractivity contribution is 0.0570. The van der Waals surface area contributed by atoms with E-state index in [-0.39, 0.29) is 23.1 Å². The first-order valence-electron chi connectivity index (χ1n) is 10.4. The van der Waals surface area contributed by atoms with Crippen LogP contribution in [0.1, 0.15) is 48.2 Å². The first-order chi connectivity index (χ1) is 15.3. The van der Waals surface area contributed by atoms with Crippen LogP contribution in [0.3, 0.4) is 0 Å². The van der Waals surface area contributed by atoms with Gasteiger partial charge in [0.05, 0.1) is 17.2 Å². The summed E-state index contributed by atoms with van der Waals surface area (Å²) < 4.78 is 14.4. The average molecular weight is 453 g/mol. The predicted molar refractivity (Wildman–Crippen MR) is 123 cm³/mol. The Balaban J connectivity index is 0.000000243. The number of carbonyl (C=O) groups is 1. The number of likely N-dealkylation sites (tertiary alicyclic amines) is 1. The number of piperidine rings is 1. The molecule has 0 spiro atoms. The summed E-state index contributed by atoms with van der Waals surface area (Å²) in [5.74, 6) is -0.235. The number of rotatable bonds is 2. The lowest BCUT2D eigenvalue weighted by atomic mass is 9.93. The lowest BCUT2D eigenvalue weighted by Gasteiger charge is -2.37. The van der Waals surface area contributed by atoms with Gasteiger partial charge in [-0.1, -0.05) is 19.1 Å². The van der Waals surface area contributed by atoms with Gasteiger partial charge in [-0.05, 0) is 44.7 Å². The van der Waals surface area contributed by atoms with Gasteiger partial charge in [-0.3, -0.25) is 9.59 Å². The molecule has 2 atom stereocenters. The van der Waals surface area contributed by atoms with Crippen LogP contribution in [0, 0.1) is 30.0 Å². The highest BCUT2D eigenvalue weighted by Crippen LogP contribution is 2.31. The topological polar surface area (TPSA) is 89.8 Å². The zero-order chi connectivity index (χ0) is 23.3. The minimum absolute atomic E-state index is 0.146. The summed E-state index contributed by atoms with van der Waals surface area (Å²) in [6, 6.07) is 8.39. The van der Waals surface area contributed by atoms with Crippen molar-refractivity contribution in [2.24, 2.45) is 5.92 Å². The van der Waals surface area contributed by atoms with Crippen molar-refractivity contribution in [2.45, 2.75) is 39.7 Å². The third-order valence-electron chi connectivity index (χ3n) is 5.60. The Hall–Kier alpha value is -3.31. The Bertz CT molecular complexity index is 1180. The van der Waals surface area contributed by atoms with Gasteiger partial charge < -0.3 is 9.88 Å². The molecule has 1 aliphatic rings. The molecule has 1 N–H and O–H groups in total. The monoisotopic (exact) mass is 452 g/mol. The molecular weight excluding hydrogens is 427 g/mol. The van der Waals surface area contributed by atoms with Crippen LogP contribution in [-0.2, 0) is 0 Å². The number of carbonyl (C=O) groups excluding carboxylic acids is 1. The van der Waals surface area contributed by atoms with Crippen molar-refractivity contribution < 1.29 is 9.18 Å². The molecule has 1 unspecified atom stereocenters. The van der Waals surface area contributed by atoms with E-state index in [1.807, 2.05) is 23.3 Å². The van der Waals surface area contributed by atoms with Gasteiger partial charge in [0.15, 0.2) is 0 Å². The Morgan fingerprint density at radius 2 is 2.09 bits per heavy atom. The third kappa shape index (κ3) is 5.11. The number of nitrogens with one attached hydrogen (secondary N) is 1. The lowest BCUT2D eigenvalue weighted by Crippen LogP contribution is -2.45. The predicted octanol–water partition coefficient (Wildman–Crippen LogP) is 4.76. The molecular formula is C24H25FN4O2S. The summed E-state index contributed by atoms with van der Waals surface area (Å²) >= 11 is 1.42. The Kier molecular flexibility index (Phi) is 7.54. The van der Waals surface area contributed by atoms with E-state index in [0.717, 1.165) is 12.8 Å². The summed E-state index contributed by atoms with van der Waals surface area (Å²) in [6.45, 7) is 6.48. The van der Waals surface area contributed by atoms with E-state index in [2.05, 4.69) is 16.9 Å². The number of aromatic nitrogens is 2. The second-order valence-electron chi connectivity index (χ2n) is 7.95. The summed E-state index contributed by atoms with van der Waals surface area (Å²) in [5.41, 5.74) is 1.46. The van der Waals surface area contributed by atoms with Crippen molar-refractivity contribution in [2.75, 3.05) is 6.54 Å². The van der Waals surface area contributed by atoms with Gasteiger partial charge >= 0.3 is 0 Å². The molecule has 3 heterocycles. The number of pyridine rings is 1. The zero-order valence-electron chi connectivity index (χ0n) is 18.3. The van der Waals surface area contributed by atoms with Crippen molar-refractivity contribution in [3.8, 4) is 16.6 Å². The number of amides is 1. The molecule has 0 saturated carbocycles. The Morgan fingerprint density at radius 1 is 1.31 bits per heavy atom. The van der Waals surface area contributed by atoms with Crippen LogP contribution in [0.25, 0.3) is 10.6 Å². The van der Waals surface area contributed by atoms with E-state index in [1.54, 1.807) is 31.3 Å². The summed E-state index contributed by atoms with van der Waals surface area (Å²) in [6.07, 6.45) is 5.22. The van der Waals surface area contributed by atoms with Gasteiger partial charge in [0, 0.05) is 41.5 Å². The first-order valence-corrected chi connectivity index (χ1v) is 11.3. The number of H-pyrrole nitrogens is 1. The maximum atomic E-state index is 14.4. The highest BCUT2D eigenvalue weighted by molar-refractivity contribution is 7.13. The van der Waals surface area contributed by atoms with Gasteiger partial charge in [0.25, 0.3) is 11.5 Å². The second-order valence-corrected chi connectivity index (χ2v) is 8.84. The number of halogens is 1. The molecule has 0 aliphatic carbocycles. The van der Waals surface area contributed by atoms with Crippen LogP contribution < -0.4 is 5.56 Å². The molecule has 8 heteroatoms. The quantitative estimate of drug-likeness (QED) is 0.607. The summed E-state index contributed by atoms with van der Waals surface area (Å²) in [4.78, 5) is 32.3. The molecule has 166 valence electrons. The molecule has 1 aliphatic heterocycles. The first kappa shape index (κ1) is 23.4. The van der Waals surface area contributed by atoms with Crippen molar-refractivity contribution in [1.29, 1.82) is 5.26 Å². The minimum Gasteiger partial charge on any atom is -0.336 e. The fourth-order valence-corrected chi connectivity index (χ4v) is 4.34. The number of aromatic amines is 1. The average Bonchev–Trinajstić information content (AvgIpc) is 3.32. The molecule has 0 bridgehead atoms. The molecule has 1 amide bonds. The molecule has 3 aromatic rings. The van der Waals surface area contributed by atoms with Crippen molar-refractivity contribution in [3.63, 3.8) is 0 Å². The Labute approximate surface area is 190 Å². The van der Waals surface area contributed by atoms with Gasteiger partial charge in [-0.25, -0.2) is 9.37 Å². The molecule has 0 radical (unpaired) electrons. The van der Waals surface area contributed by atoms with Crippen LogP contribution in [-0.4, -0.2) is 33.4 Å². The van der Waals surface area contributed by atoms with Crippen molar-refractivity contribution in [1.82, 2.24) is 14.9 Å². The van der Waals surface area contributed by atoms with Crippen molar-refractivity contribution >= 4 is 17.2 Å². The fourth-order valence-electron chi connectivity index (χ4n) is 3.67. The largest absolute Gasteiger partial charge is 0.336 e. The number of hydrogen-bond acceptors (Lipinski definition) is 5. The summed E-state index contributed by atoms with van der Waals surface area (Å²) in [7, 11) is 0. The number of thiazole rings is 1. The van der Waals surface area contributed by atoms with Crippen LogP contribution in [0.4, 0.5) is 4.39 Å². The van der Waals surface area contributed by atoms with Gasteiger partial charge in [0.2, 0.25) is 0 Å². The minimum atomic E-state index is -0.469. The molecule has 4 rings (SSSR count). The standard InChI is InChI=1S/C17H19FN2OS.C7H6N2O/c1-11-6-7-12(2)20(10-11)17(21)15-13(4-3-5-14(15)18)16-19-8-9-22-16;1-5-6(4-8)2-3-9-7(5)10/h3-5,8-9,11-12H,6-7,10H2,1-2H3;2-3H,1H3,(H,9,10)/t11?,12-;/m1./s1. The zero-order valence-corrected chi connectivity index (χ0v) is 19.1. The van der Waals surface area contributed by atoms with Crippen LogP contribution >= 0.6 is 11.3 Å². The van der Waals surface area contributed by atoms with E-state index in [9.17, 15) is 14.0 Å². The van der Waals surface area contributed by atoms with Crippen LogP contribution in [0.5, 0.6) is 0 Å². The van der Waals surface area contributed by atoms with E-state index >= 15 is 0 Å². The van der Waals surface area contributed by atoms with Crippen LogP contribution in [0.15, 0.2) is 46.8 Å². The number of hydrogen-bond donors (Lipinski definition) is 1. The highest BCUT2D eigenvalue weighted by atomic mass is 32.1.